The van der Waals surface area contributed by atoms with E-state index in [1.165, 1.54) is 0 Å². The van der Waals surface area contributed by atoms with Crippen LogP contribution in [0, 0.1) is 5.92 Å². The van der Waals surface area contributed by atoms with E-state index in [1.54, 1.807) is 0 Å². The van der Waals surface area contributed by atoms with E-state index in [0.29, 0.717) is 12.0 Å². The predicted octanol–water partition coefficient (Wildman–Crippen LogP) is 1.76. The predicted molar refractivity (Wildman–Crippen MR) is 84.1 cm³/mol. The van der Waals surface area contributed by atoms with E-state index in [0.717, 1.165) is 38.4 Å². The van der Waals surface area contributed by atoms with Gasteiger partial charge in [-0.25, -0.2) is 4.68 Å². The number of piperazine rings is 1. The Balaban J connectivity index is 2.30. The minimum atomic E-state index is -0.0431. The fourth-order valence-electron chi connectivity index (χ4n) is 2.94. The lowest BCUT2D eigenvalue weighted by atomic mass is 9.97. The minimum Gasteiger partial charge on any atom is -0.304 e. The average molecular weight is 294 g/mol. The molecule has 0 spiro atoms. The molecule has 1 fully saturated rings. The number of hydrogen-bond acceptors (Lipinski definition) is 5. The molecule has 1 aliphatic rings. The molecule has 0 N–H and O–H groups in total. The Hall–Kier alpha value is -1.01. The van der Waals surface area contributed by atoms with Crippen LogP contribution >= 0.6 is 0 Å². The molecule has 2 heterocycles. The van der Waals surface area contributed by atoms with E-state index in [-0.39, 0.29) is 5.54 Å². The van der Waals surface area contributed by atoms with Gasteiger partial charge in [0.2, 0.25) is 0 Å². The molecule has 1 saturated heterocycles. The quantitative estimate of drug-likeness (QED) is 0.828. The summed E-state index contributed by atoms with van der Waals surface area (Å²) >= 11 is 0. The monoisotopic (exact) mass is 294 g/mol. The second-order valence-electron chi connectivity index (χ2n) is 7.14. The van der Waals surface area contributed by atoms with Crippen molar-refractivity contribution in [1.29, 1.82) is 0 Å². The van der Waals surface area contributed by atoms with E-state index < -0.39 is 0 Å². The molecule has 6 heteroatoms. The van der Waals surface area contributed by atoms with Gasteiger partial charge in [0, 0.05) is 26.2 Å². The van der Waals surface area contributed by atoms with Crippen LogP contribution in [0.1, 0.15) is 52.9 Å². The Morgan fingerprint density at radius 3 is 2.29 bits per heavy atom. The Kier molecular flexibility index (Phi) is 4.99. The molecule has 0 bridgehead atoms. The highest BCUT2D eigenvalue weighted by atomic mass is 15.6. The number of likely N-dealkylation sites (N-methyl/N-ethyl adjacent to an activating group) is 1. The third kappa shape index (κ3) is 3.43. The number of nitrogens with zero attached hydrogens (tertiary/aromatic N) is 6. The van der Waals surface area contributed by atoms with Crippen LogP contribution in [-0.4, -0.2) is 63.2 Å². The van der Waals surface area contributed by atoms with E-state index in [2.05, 4.69) is 67.0 Å². The summed E-state index contributed by atoms with van der Waals surface area (Å²) in [6, 6.07) is 0.291. The van der Waals surface area contributed by atoms with Gasteiger partial charge in [-0.05, 0) is 43.7 Å². The maximum absolute atomic E-state index is 4.39. The lowest BCUT2D eigenvalue weighted by Gasteiger charge is -2.40. The summed E-state index contributed by atoms with van der Waals surface area (Å²) in [4.78, 5) is 4.92. The largest absolute Gasteiger partial charge is 0.304 e. The maximum Gasteiger partial charge on any atom is 0.169 e. The molecular weight excluding hydrogens is 264 g/mol. The molecule has 1 aromatic rings. The first kappa shape index (κ1) is 16.4. The molecule has 1 aliphatic heterocycles. The number of tetrazole rings is 1. The number of rotatable bonds is 5. The lowest BCUT2D eigenvalue weighted by molar-refractivity contribution is 0.0770. The topological polar surface area (TPSA) is 50.1 Å². The Labute approximate surface area is 128 Å². The molecule has 1 atom stereocenters. The van der Waals surface area contributed by atoms with Crippen LogP contribution < -0.4 is 0 Å². The molecule has 0 aromatic carbocycles. The van der Waals surface area contributed by atoms with Gasteiger partial charge in [-0.3, -0.25) is 4.90 Å². The van der Waals surface area contributed by atoms with Gasteiger partial charge in [0.1, 0.15) is 0 Å². The van der Waals surface area contributed by atoms with Gasteiger partial charge in [0.05, 0.1) is 11.6 Å². The van der Waals surface area contributed by atoms with Gasteiger partial charge in [-0.1, -0.05) is 20.8 Å². The first-order chi connectivity index (χ1) is 9.86. The Bertz CT molecular complexity index is 445. The second-order valence-corrected chi connectivity index (χ2v) is 7.14. The number of hydrogen-bond donors (Lipinski definition) is 0. The summed E-state index contributed by atoms with van der Waals surface area (Å²) in [6.07, 6.45) is 1.01. The van der Waals surface area contributed by atoms with Crippen molar-refractivity contribution in [3.8, 4) is 0 Å². The van der Waals surface area contributed by atoms with Crippen molar-refractivity contribution in [1.82, 2.24) is 30.0 Å². The van der Waals surface area contributed by atoms with Crippen molar-refractivity contribution >= 4 is 0 Å². The van der Waals surface area contributed by atoms with Gasteiger partial charge in [0.25, 0.3) is 0 Å². The molecule has 0 unspecified atom stereocenters. The summed E-state index contributed by atoms with van der Waals surface area (Å²) in [7, 11) is 2.19. The summed E-state index contributed by atoms with van der Waals surface area (Å²) < 4.78 is 2.04. The molecule has 2 rings (SSSR count). The van der Waals surface area contributed by atoms with Crippen LogP contribution in [0.5, 0.6) is 0 Å². The van der Waals surface area contributed by atoms with E-state index in [9.17, 15) is 0 Å². The molecule has 6 nitrogen and oxygen atoms in total. The lowest BCUT2D eigenvalue weighted by Crippen LogP contribution is -2.48. The smallest absolute Gasteiger partial charge is 0.169 e. The molecule has 0 saturated carbocycles. The van der Waals surface area contributed by atoms with Crippen LogP contribution in [0.2, 0.25) is 0 Å². The van der Waals surface area contributed by atoms with E-state index in [4.69, 9.17) is 0 Å². The Morgan fingerprint density at radius 1 is 1.14 bits per heavy atom. The van der Waals surface area contributed by atoms with Crippen molar-refractivity contribution < 1.29 is 0 Å². The summed E-state index contributed by atoms with van der Waals surface area (Å²) in [5.74, 6) is 1.51. The SMILES string of the molecule is CCC(C)(C)n1nnnc1[C@@H](C(C)C)N1CCN(C)CC1. The molecule has 1 aromatic heterocycles. The van der Waals surface area contributed by atoms with Crippen LogP contribution in [0.25, 0.3) is 0 Å². The second kappa shape index (κ2) is 6.40. The molecule has 0 amide bonds. The van der Waals surface area contributed by atoms with Gasteiger partial charge < -0.3 is 4.90 Å². The molecule has 0 aliphatic carbocycles. The van der Waals surface area contributed by atoms with E-state index >= 15 is 0 Å². The van der Waals surface area contributed by atoms with Crippen molar-refractivity contribution in [2.45, 2.75) is 52.6 Å². The van der Waals surface area contributed by atoms with E-state index in [1.807, 2.05) is 4.68 Å². The highest BCUT2D eigenvalue weighted by molar-refractivity contribution is 4.99. The zero-order valence-corrected chi connectivity index (χ0v) is 14.4. The zero-order chi connectivity index (χ0) is 15.6. The minimum absolute atomic E-state index is 0.0431. The third-order valence-corrected chi connectivity index (χ3v) is 4.76. The maximum atomic E-state index is 4.39. The molecular formula is C15H30N6. The van der Waals surface area contributed by atoms with Crippen LogP contribution in [-0.2, 0) is 5.54 Å². The number of aromatic nitrogens is 4. The van der Waals surface area contributed by atoms with Crippen molar-refractivity contribution in [2.75, 3.05) is 33.2 Å². The molecule has 21 heavy (non-hydrogen) atoms. The van der Waals surface area contributed by atoms with Crippen LogP contribution in [0.3, 0.4) is 0 Å². The van der Waals surface area contributed by atoms with Gasteiger partial charge in [-0.15, -0.1) is 5.10 Å². The van der Waals surface area contributed by atoms with Gasteiger partial charge >= 0.3 is 0 Å². The van der Waals surface area contributed by atoms with Gasteiger partial charge in [-0.2, -0.15) is 0 Å². The van der Waals surface area contributed by atoms with Crippen molar-refractivity contribution in [3.05, 3.63) is 5.82 Å². The fraction of sp³-hybridized carbons (Fsp3) is 0.933. The molecule has 120 valence electrons. The highest BCUT2D eigenvalue weighted by Gasteiger charge is 2.34. The first-order valence-corrected chi connectivity index (χ1v) is 8.08. The normalized spacial score (nSPS) is 20.1. The third-order valence-electron chi connectivity index (χ3n) is 4.76. The Morgan fingerprint density at radius 2 is 1.76 bits per heavy atom. The van der Waals surface area contributed by atoms with Crippen molar-refractivity contribution in [3.63, 3.8) is 0 Å². The standard InChI is InChI=1S/C15H30N6/c1-7-15(4,5)21-14(16-17-18-21)13(12(2)3)20-10-8-19(6)9-11-20/h12-13H,7-11H2,1-6H3/t13-/m1/s1. The molecule has 0 radical (unpaired) electrons. The van der Waals surface area contributed by atoms with Crippen LogP contribution in [0.15, 0.2) is 0 Å². The summed E-state index contributed by atoms with van der Waals surface area (Å²) in [6.45, 7) is 15.5. The highest BCUT2D eigenvalue weighted by Crippen LogP contribution is 2.31. The average Bonchev–Trinajstić information content (AvgIpc) is 2.91. The van der Waals surface area contributed by atoms with Crippen molar-refractivity contribution in [2.24, 2.45) is 5.92 Å². The first-order valence-electron chi connectivity index (χ1n) is 8.08. The fourth-order valence-corrected chi connectivity index (χ4v) is 2.94. The van der Waals surface area contributed by atoms with Crippen LogP contribution in [0.4, 0.5) is 0 Å². The van der Waals surface area contributed by atoms with Gasteiger partial charge in [0.15, 0.2) is 5.82 Å². The zero-order valence-electron chi connectivity index (χ0n) is 14.4. The summed E-state index contributed by atoms with van der Waals surface area (Å²) in [5.41, 5.74) is -0.0431. The summed E-state index contributed by atoms with van der Waals surface area (Å²) in [5, 5.41) is 12.7.